The SMILES string of the molecule is O=C(O)c1ccc(C(=O)NC2(C(O)c3ccc(F)cc3)CCCC2)o1. The second-order valence-corrected chi connectivity index (χ2v) is 6.24. The van der Waals surface area contributed by atoms with Gasteiger partial charge >= 0.3 is 5.97 Å². The van der Waals surface area contributed by atoms with Gasteiger partial charge in [-0.25, -0.2) is 9.18 Å². The number of aliphatic hydroxyl groups excluding tert-OH is 1. The van der Waals surface area contributed by atoms with Gasteiger partial charge < -0.3 is 19.9 Å². The third-order valence-corrected chi connectivity index (χ3v) is 4.61. The number of carbonyl (C=O) groups is 2. The highest BCUT2D eigenvalue weighted by molar-refractivity contribution is 5.94. The number of aromatic carboxylic acids is 1. The van der Waals surface area contributed by atoms with Crippen molar-refractivity contribution in [3.05, 3.63) is 59.3 Å². The van der Waals surface area contributed by atoms with Crippen molar-refractivity contribution in [3.8, 4) is 0 Å². The van der Waals surface area contributed by atoms with E-state index in [1.807, 2.05) is 0 Å². The lowest BCUT2D eigenvalue weighted by Gasteiger charge is -2.35. The molecule has 1 saturated carbocycles. The van der Waals surface area contributed by atoms with Crippen molar-refractivity contribution in [1.29, 1.82) is 0 Å². The molecular weight excluding hydrogens is 329 g/mol. The van der Waals surface area contributed by atoms with Crippen LogP contribution < -0.4 is 5.32 Å². The van der Waals surface area contributed by atoms with Gasteiger partial charge in [0.2, 0.25) is 5.76 Å². The molecule has 1 heterocycles. The van der Waals surface area contributed by atoms with E-state index in [0.717, 1.165) is 12.8 Å². The van der Waals surface area contributed by atoms with Crippen molar-refractivity contribution in [2.24, 2.45) is 0 Å². The number of rotatable bonds is 5. The number of carboxylic acid groups (broad SMARTS) is 1. The van der Waals surface area contributed by atoms with E-state index in [2.05, 4.69) is 5.32 Å². The van der Waals surface area contributed by atoms with Crippen molar-refractivity contribution < 1.29 is 28.6 Å². The van der Waals surface area contributed by atoms with Gasteiger partial charge in [-0.1, -0.05) is 25.0 Å². The molecule has 3 N–H and O–H groups in total. The number of amides is 1. The number of halogens is 1. The first-order valence-electron chi connectivity index (χ1n) is 8.00. The number of aliphatic hydroxyl groups is 1. The summed E-state index contributed by atoms with van der Waals surface area (Å²) in [5.74, 6) is -2.71. The molecule has 1 unspecified atom stereocenters. The number of hydrogen-bond acceptors (Lipinski definition) is 4. The minimum atomic E-state index is -1.26. The molecule has 1 aromatic heterocycles. The van der Waals surface area contributed by atoms with Crippen LogP contribution in [0.3, 0.4) is 0 Å². The zero-order valence-corrected chi connectivity index (χ0v) is 13.4. The molecule has 1 amide bonds. The molecule has 2 aromatic rings. The summed E-state index contributed by atoms with van der Waals surface area (Å²) in [6, 6.07) is 7.98. The minimum absolute atomic E-state index is 0.130. The Bertz CT molecular complexity index is 777. The van der Waals surface area contributed by atoms with Gasteiger partial charge in [0.25, 0.3) is 5.91 Å². The van der Waals surface area contributed by atoms with Crippen molar-refractivity contribution >= 4 is 11.9 Å². The monoisotopic (exact) mass is 347 g/mol. The lowest BCUT2D eigenvalue weighted by atomic mass is 9.85. The normalized spacial score (nSPS) is 17.2. The van der Waals surface area contributed by atoms with Crippen LogP contribution >= 0.6 is 0 Å². The van der Waals surface area contributed by atoms with E-state index in [9.17, 15) is 19.1 Å². The molecule has 1 atom stereocenters. The smallest absolute Gasteiger partial charge is 0.371 e. The standard InChI is InChI=1S/C18H18FNO5/c19-12-5-3-11(4-6-12)15(21)18(9-1-2-10-18)20-16(22)13-7-8-14(25-13)17(23)24/h3-8,15,21H,1-2,9-10H2,(H,20,22)(H,23,24). The molecule has 1 aromatic carbocycles. The Labute approximate surface area is 143 Å². The number of carbonyl (C=O) groups excluding carboxylic acids is 1. The molecule has 25 heavy (non-hydrogen) atoms. The minimum Gasteiger partial charge on any atom is -0.475 e. The maximum atomic E-state index is 13.1. The molecule has 0 spiro atoms. The molecule has 1 aliphatic rings. The molecule has 1 fully saturated rings. The van der Waals surface area contributed by atoms with Crippen LogP contribution in [-0.4, -0.2) is 27.6 Å². The zero-order valence-electron chi connectivity index (χ0n) is 13.4. The molecule has 132 valence electrons. The molecule has 0 bridgehead atoms. The Hall–Kier alpha value is -2.67. The van der Waals surface area contributed by atoms with Crippen LogP contribution in [0.1, 0.15) is 58.5 Å². The Balaban J connectivity index is 1.83. The molecule has 0 radical (unpaired) electrons. The summed E-state index contributed by atoms with van der Waals surface area (Å²) in [6.45, 7) is 0. The fourth-order valence-corrected chi connectivity index (χ4v) is 3.30. The number of furan rings is 1. The van der Waals surface area contributed by atoms with Crippen molar-refractivity contribution in [2.45, 2.75) is 37.3 Å². The van der Waals surface area contributed by atoms with Crippen LogP contribution in [0.2, 0.25) is 0 Å². The Morgan fingerprint density at radius 3 is 2.24 bits per heavy atom. The van der Waals surface area contributed by atoms with Crippen LogP contribution in [0.25, 0.3) is 0 Å². The second-order valence-electron chi connectivity index (χ2n) is 6.24. The van der Waals surface area contributed by atoms with Gasteiger partial charge in [0.05, 0.1) is 5.54 Å². The maximum Gasteiger partial charge on any atom is 0.371 e. The molecule has 1 aliphatic carbocycles. The number of carboxylic acids is 1. The van der Waals surface area contributed by atoms with Gasteiger partial charge in [-0.15, -0.1) is 0 Å². The van der Waals surface area contributed by atoms with Gasteiger partial charge in [-0.05, 0) is 42.7 Å². The highest BCUT2D eigenvalue weighted by atomic mass is 19.1. The summed E-state index contributed by atoms with van der Waals surface area (Å²) in [5, 5.41) is 22.5. The van der Waals surface area contributed by atoms with Gasteiger partial charge in [0.15, 0.2) is 5.76 Å². The van der Waals surface area contributed by atoms with Crippen LogP contribution in [0.5, 0.6) is 0 Å². The Kier molecular flexibility index (Phi) is 4.59. The second kappa shape index (κ2) is 6.68. The van der Waals surface area contributed by atoms with Crippen LogP contribution in [0.4, 0.5) is 4.39 Å². The van der Waals surface area contributed by atoms with E-state index in [1.165, 1.54) is 36.4 Å². The van der Waals surface area contributed by atoms with Crippen LogP contribution in [-0.2, 0) is 0 Å². The summed E-state index contributed by atoms with van der Waals surface area (Å²) in [5.41, 5.74) is -0.389. The number of nitrogens with one attached hydrogen (secondary N) is 1. The summed E-state index contributed by atoms with van der Waals surface area (Å²) in [6.07, 6.45) is 1.77. The first-order valence-corrected chi connectivity index (χ1v) is 8.00. The molecule has 3 rings (SSSR count). The number of hydrogen-bond donors (Lipinski definition) is 3. The van der Waals surface area contributed by atoms with Crippen molar-refractivity contribution in [3.63, 3.8) is 0 Å². The summed E-state index contributed by atoms with van der Waals surface area (Å²) in [7, 11) is 0. The highest BCUT2D eigenvalue weighted by Gasteiger charge is 2.43. The molecule has 6 nitrogen and oxygen atoms in total. The number of benzene rings is 1. The zero-order chi connectivity index (χ0) is 18.0. The van der Waals surface area contributed by atoms with Gasteiger partial charge in [0, 0.05) is 0 Å². The first-order chi connectivity index (χ1) is 11.9. The van der Waals surface area contributed by atoms with Gasteiger partial charge in [-0.3, -0.25) is 4.79 Å². The van der Waals surface area contributed by atoms with E-state index in [-0.39, 0.29) is 11.5 Å². The fourth-order valence-electron chi connectivity index (χ4n) is 3.30. The lowest BCUT2D eigenvalue weighted by Crippen LogP contribution is -2.50. The van der Waals surface area contributed by atoms with Crippen LogP contribution in [0.15, 0.2) is 40.8 Å². The van der Waals surface area contributed by atoms with Gasteiger partial charge in [-0.2, -0.15) is 0 Å². The third kappa shape index (κ3) is 3.41. The van der Waals surface area contributed by atoms with E-state index < -0.39 is 29.3 Å². The molecular formula is C18H18FNO5. The molecule has 0 saturated heterocycles. The fraction of sp³-hybridized carbons (Fsp3) is 0.333. The Morgan fingerprint density at radius 1 is 1.08 bits per heavy atom. The third-order valence-electron chi connectivity index (χ3n) is 4.61. The molecule has 7 heteroatoms. The average molecular weight is 347 g/mol. The van der Waals surface area contributed by atoms with Crippen LogP contribution in [0, 0.1) is 5.82 Å². The summed E-state index contributed by atoms with van der Waals surface area (Å²) >= 11 is 0. The largest absolute Gasteiger partial charge is 0.475 e. The van der Waals surface area contributed by atoms with Crippen molar-refractivity contribution in [2.75, 3.05) is 0 Å². The predicted molar refractivity (Wildman–Crippen MR) is 85.7 cm³/mol. The first kappa shape index (κ1) is 17.2. The quantitative estimate of drug-likeness (QED) is 0.772. The maximum absolute atomic E-state index is 13.1. The lowest BCUT2D eigenvalue weighted by molar-refractivity contribution is 0.0495. The van der Waals surface area contributed by atoms with E-state index >= 15 is 0 Å². The van der Waals surface area contributed by atoms with E-state index in [1.54, 1.807) is 0 Å². The topological polar surface area (TPSA) is 99.8 Å². The van der Waals surface area contributed by atoms with Crippen molar-refractivity contribution in [1.82, 2.24) is 5.32 Å². The summed E-state index contributed by atoms with van der Waals surface area (Å²) in [4.78, 5) is 23.3. The Morgan fingerprint density at radius 2 is 1.68 bits per heavy atom. The average Bonchev–Trinajstić information content (AvgIpc) is 3.25. The highest BCUT2D eigenvalue weighted by Crippen LogP contribution is 2.40. The predicted octanol–water partition coefficient (Wildman–Crippen LogP) is 2.89. The van der Waals surface area contributed by atoms with E-state index in [4.69, 9.17) is 9.52 Å². The van der Waals surface area contributed by atoms with Gasteiger partial charge in [0.1, 0.15) is 11.9 Å². The van der Waals surface area contributed by atoms with E-state index in [0.29, 0.717) is 18.4 Å². The molecule has 0 aliphatic heterocycles. The summed E-state index contributed by atoms with van der Waals surface area (Å²) < 4.78 is 18.1.